The minimum absolute atomic E-state index is 0.633. The van der Waals surface area contributed by atoms with Crippen LogP contribution in [0.1, 0.15) is 18.0 Å². The van der Waals surface area contributed by atoms with Gasteiger partial charge in [0.1, 0.15) is 5.65 Å². The Kier molecular flexibility index (Phi) is 2.37. The Morgan fingerprint density at radius 1 is 1.40 bits per heavy atom. The number of pyridine rings is 1. The topological polar surface area (TPSA) is 17.3 Å². The maximum absolute atomic E-state index is 5.93. The predicted molar refractivity (Wildman–Crippen MR) is 64.9 cm³/mol. The predicted octanol–water partition coefficient (Wildman–Crippen LogP) is 3.21. The molecular formula is C11H11ClN2S. The van der Waals surface area contributed by atoms with Crippen molar-refractivity contribution in [2.24, 2.45) is 0 Å². The lowest BCUT2D eigenvalue weighted by Gasteiger charge is -2.01. The third kappa shape index (κ3) is 1.74. The first-order valence-electron chi connectivity index (χ1n) is 5.05. The van der Waals surface area contributed by atoms with Gasteiger partial charge in [-0.2, -0.15) is 11.8 Å². The lowest BCUT2D eigenvalue weighted by Crippen LogP contribution is -1.95. The molecule has 0 N–H and O–H groups in total. The van der Waals surface area contributed by atoms with Gasteiger partial charge in [0.15, 0.2) is 0 Å². The molecule has 3 rings (SSSR count). The number of hydrogen-bond donors (Lipinski definition) is 0. The SMILES string of the molecule is Clc1ccc2nc(C3CCSC3)cn2c1. The summed E-state index contributed by atoms with van der Waals surface area (Å²) >= 11 is 7.95. The molecule has 0 amide bonds. The van der Waals surface area contributed by atoms with Crippen molar-refractivity contribution in [2.45, 2.75) is 12.3 Å². The smallest absolute Gasteiger partial charge is 0.137 e. The van der Waals surface area contributed by atoms with Gasteiger partial charge in [0.2, 0.25) is 0 Å². The number of halogens is 1. The van der Waals surface area contributed by atoms with Crippen molar-refractivity contribution in [3.05, 3.63) is 35.2 Å². The van der Waals surface area contributed by atoms with Gasteiger partial charge in [-0.25, -0.2) is 4.98 Å². The molecule has 2 aromatic rings. The van der Waals surface area contributed by atoms with Gasteiger partial charge in [0, 0.05) is 24.1 Å². The van der Waals surface area contributed by atoms with E-state index in [-0.39, 0.29) is 0 Å². The number of hydrogen-bond acceptors (Lipinski definition) is 2. The summed E-state index contributed by atoms with van der Waals surface area (Å²) in [4.78, 5) is 4.63. The van der Waals surface area contributed by atoms with Crippen LogP contribution in [0.25, 0.3) is 5.65 Å². The van der Waals surface area contributed by atoms with Crippen molar-refractivity contribution in [2.75, 3.05) is 11.5 Å². The highest BCUT2D eigenvalue weighted by molar-refractivity contribution is 7.99. The van der Waals surface area contributed by atoms with Gasteiger partial charge < -0.3 is 4.40 Å². The summed E-state index contributed by atoms with van der Waals surface area (Å²) in [5.41, 5.74) is 2.20. The Morgan fingerprint density at radius 2 is 2.33 bits per heavy atom. The number of fused-ring (bicyclic) bond motifs is 1. The molecule has 0 bridgehead atoms. The molecule has 78 valence electrons. The molecule has 0 radical (unpaired) electrons. The summed E-state index contributed by atoms with van der Waals surface area (Å²) in [6, 6.07) is 3.85. The molecule has 0 aliphatic carbocycles. The molecular weight excluding hydrogens is 228 g/mol. The minimum Gasteiger partial charge on any atom is -0.305 e. The highest BCUT2D eigenvalue weighted by Crippen LogP contribution is 2.31. The van der Waals surface area contributed by atoms with Crippen LogP contribution in [-0.2, 0) is 0 Å². The lowest BCUT2D eigenvalue weighted by molar-refractivity contribution is 0.759. The fourth-order valence-electron chi connectivity index (χ4n) is 1.95. The summed E-state index contributed by atoms with van der Waals surface area (Å²) in [6.07, 6.45) is 5.27. The average Bonchev–Trinajstić information content (AvgIpc) is 2.84. The van der Waals surface area contributed by atoms with Gasteiger partial charge >= 0.3 is 0 Å². The van der Waals surface area contributed by atoms with E-state index in [1.165, 1.54) is 23.6 Å². The lowest BCUT2D eigenvalue weighted by atomic mass is 10.1. The number of imidazole rings is 1. The third-order valence-corrected chi connectivity index (χ3v) is 4.17. The Morgan fingerprint density at radius 3 is 3.13 bits per heavy atom. The summed E-state index contributed by atoms with van der Waals surface area (Å²) in [5, 5.41) is 0.757. The zero-order chi connectivity index (χ0) is 10.3. The molecule has 1 unspecified atom stereocenters. The largest absolute Gasteiger partial charge is 0.305 e. The van der Waals surface area contributed by atoms with Gasteiger partial charge in [-0.05, 0) is 24.3 Å². The number of nitrogens with zero attached hydrogens (tertiary/aromatic N) is 2. The van der Waals surface area contributed by atoms with E-state index < -0.39 is 0 Å². The van der Waals surface area contributed by atoms with Crippen LogP contribution in [0, 0.1) is 0 Å². The molecule has 0 saturated carbocycles. The van der Waals surface area contributed by atoms with Gasteiger partial charge in [0.25, 0.3) is 0 Å². The fraction of sp³-hybridized carbons (Fsp3) is 0.364. The molecule has 1 fully saturated rings. The number of thioether (sulfide) groups is 1. The van der Waals surface area contributed by atoms with Crippen LogP contribution >= 0.6 is 23.4 Å². The molecule has 2 aromatic heterocycles. The zero-order valence-electron chi connectivity index (χ0n) is 8.19. The molecule has 15 heavy (non-hydrogen) atoms. The number of rotatable bonds is 1. The van der Waals surface area contributed by atoms with Crippen molar-refractivity contribution in [3.63, 3.8) is 0 Å². The van der Waals surface area contributed by atoms with Gasteiger partial charge in [-0.1, -0.05) is 11.6 Å². The maximum atomic E-state index is 5.93. The second-order valence-corrected chi connectivity index (χ2v) is 5.43. The molecule has 0 spiro atoms. The van der Waals surface area contributed by atoms with E-state index >= 15 is 0 Å². The Hall–Kier alpha value is -0.670. The van der Waals surface area contributed by atoms with Crippen LogP contribution < -0.4 is 0 Å². The molecule has 4 heteroatoms. The quantitative estimate of drug-likeness (QED) is 0.759. The van der Waals surface area contributed by atoms with Crippen molar-refractivity contribution in [1.29, 1.82) is 0 Å². The third-order valence-electron chi connectivity index (χ3n) is 2.78. The van der Waals surface area contributed by atoms with E-state index in [9.17, 15) is 0 Å². The summed E-state index contributed by atoms with van der Waals surface area (Å²) < 4.78 is 2.01. The van der Waals surface area contributed by atoms with E-state index in [1.54, 1.807) is 0 Å². The zero-order valence-corrected chi connectivity index (χ0v) is 9.76. The summed E-state index contributed by atoms with van der Waals surface area (Å²) in [5.74, 6) is 3.10. The van der Waals surface area contributed by atoms with E-state index in [4.69, 9.17) is 11.6 Å². The molecule has 3 heterocycles. The molecule has 1 aliphatic rings. The second-order valence-electron chi connectivity index (χ2n) is 3.84. The van der Waals surface area contributed by atoms with E-state index in [0.717, 1.165) is 10.7 Å². The van der Waals surface area contributed by atoms with E-state index in [2.05, 4.69) is 11.2 Å². The minimum atomic E-state index is 0.633. The van der Waals surface area contributed by atoms with Crippen LogP contribution in [0.4, 0.5) is 0 Å². The second kappa shape index (κ2) is 3.72. The highest BCUT2D eigenvalue weighted by atomic mass is 35.5. The molecule has 2 nitrogen and oxygen atoms in total. The van der Waals surface area contributed by atoms with Crippen molar-refractivity contribution < 1.29 is 0 Å². The van der Waals surface area contributed by atoms with Crippen LogP contribution in [-0.4, -0.2) is 20.9 Å². The van der Waals surface area contributed by atoms with Crippen molar-refractivity contribution >= 4 is 29.0 Å². The first kappa shape index (κ1) is 9.55. The Bertz CT molecular complexity index is 488. The van der Waals surface area contributed by atoms with Gasteiger partial charge in [0.05, 0.1) is 10.7 Å². The Labute approximate surface area is 97.6 Å². The van der Waals surface area contributed by atoms with Crippen LogP contribution in [0.15, 0.2) is 24.5 Å². The molecule has 1 atom stereocenters. The average molecular weight is 239 g/mol. The summed E-state index contributed by atoms with van der Waals surface area (Å²) in [6.45, 7) is 0. The van der Waals surface area contributed by atoms with Gasteiger partial charge in [-0.3, -0.25) is 0 Å². The summed E-state index contributed by atoms with van der Waals surface area (Å²) in [7, 11) is 0. The van der Waals surface area contributed by atoms with Crippen LogP contribution in [0.5, 0.6) is 0 Å². The molecule has 1 saturated heterocycles. The molecule has 0 aromatic carbocycles. The van der Waals surface area contributed by atoms with Crippen molar-refractivity contribution in [1.82, 2.24) is 9.38 Å². The maximum Gasteiger partial charge on any atom is 0.137 e. The number of aromatic nitrogens is 2. The fourth-order valence-corrected chi connectivity index (χ4v) is 3.36. The standard InChI is InChI=1S/C11H11ClN2S/c12-9-1-2-11-13-10(6-14(11)5-9)8-3-4-15-7-8/h1-2,5-6,8H,3-4,7H2. The molecule has 1 aliphatic heterocycles. The van der Waals surface area contributed by atoms with E-state index in [0.29, 0.717) is 5.92 Å². The van der Waals surface area contributed by atoms with Crippen molar-refractivity contribution in [3.8, 4) is 0 Å². The van der Waals surface area contributed by atoms with Crippen LogP contribution in [0.3, 0.4) is 0 Å². The highest BCUT2D eigenvalue weighted by Gasteiger charge is 2.20. The monoisotopic (exact) mass is 238 g/mol. The first-order valence-corrected chi connectivity index (χ1v) is 6.58. The van der Waals surface area contributed by atoms with Gasteiger partial charge in [-0.15, -0.1) is 0 Å². The Balaban J connectivity index is 2.05. The normalized spacial score (nSPS) is 21.3. The van der Waals surface area contributed by atoms with E-state index in [1.807, 2.05) is 34.5 Å². The first-order chi connectivity index (χ1) is 7.33. The van der Waals surface area contributed by atoms with Crippen LogP contribution in [0.2, 0.25) is 5.02 Å².